The van der Waals surface area contributed by atoms with Crippen LogP contribution in [0.15, 0.2) is 30.3 Å². The number of hydrogen-bond acceptors (Lipinski definition) is 2. The van der Waals surface area contributed by atoms with E-state index >= 15 is 0 Å². The van der Waals surface area contributed by atoms with Gasteiger partial charge in [-0.05, 0) is 31.7 Å². The van der Waals surface area contributed by atoms with Crippen molar-refractivity contribution in [3.63, 3.8) is 0 Å². The number of nitrogens with one attached hydrogen (secondary N) is 1. The van der Waals surface area contributed by atoms with Crippen molar-refractivity contribution in [2.45, 2.75) is 57.0 Å². The predicted molar refractivity (Wildman–Crippen MR) is 80.5 cm³/mol. The van der Waals surface area contributed by atoms with Gasteiger partial charge in [-0.3, -0.25) is 4.79 Å². The Balaban J connectivity index is 2.04. The van der Waals surface area contributed by atoms with Crippen LogP contribution in [-0.4, -0.2) is 23.2 Å². The van der Waals surface area contributed by atoms with Gasteiger partial charge in [-0.2, -0.15) is 0 Å². The second-order valence-corrected chi connectivity index (χ2v) is 6.23. The summed E-state index contributed by atoms with van der Waals surface area (Å²) >= 11 is 0. The molecule has 3 heteroatoms. The molecule has 0 radical (unpaired) electrons. The van der Waals surface area contributed by atoms with E-state index in [0.717, 1.165) is 31.2 Å². The van der Waals surface area contributed by atoms with E-state index in [0.29, 0.717) is 13.0 Å². The third-order valence-electron chi connectivity index (χ3n) is 4.39. The first-order chi connectivity index (χ1) is 9.50. The molecule has 0 saturated heterocycles. The van der Waals surface area contributed by atoms with Gasteiger partial charge in [-0.15, -0.1) is 0 Å². The molecule has 1 aliphatic carbocycles. The second-order valence-electron chi connectivity index (χ2n) is 6.23. The maximum Gasteiger partial charge on any atom is 0.230 e. The fraction of sp³-hybridized carbons (Fsp3) is 0.588. The molecule has 0 spiro atoms. The van der Waals surface area contributed by atoms with E-state index in [1.54, 1.807) is 6.92 Å². The molecule has 1 amide bonds. The number of aliphatic hydroxyl groups is 1. The summed E-state index contributed by atoms with van der Waals surface area (Å²) in [5.41, 5.74) is -0.0887. The molecule has 0 aromatic heterocycles. The minimum absolute atomic E-state index is 0.0614. The maximum absolute atomic E-state index is 12.6. The molecule has 0 aliphatic heterocycles. The van der Waals surface area contributed by atoms with Gasteiger partial charge in [0.15, 0.2) is 0 Å². The fourth-order valence-corrected chi connectivity index (χ4v) is 3.00. The van der Waals surface area contributed by atoms with E-state index < -0.39 is 5.60 Å². The summed E-state index contributed by atoms with van der Waals surface area (Å²) in [7, 11) is 0. The maximum atomic E-state index is 12.6. The van der Waals surface area contributed by atoms with Crippen LogP contribution in [0.3, 0.4) is 0 Å². The molecule has 3 nitrogen and oxygen atoms in total. The zero-order valence-electron chi connectivity index (χ0n) is 12.5. The van der Waals surface area contributed by atoms with Gasteiger partial charge in [0.05, 0.1) is 11.0 Å². The first-order valence-corrected chi connectivity index (χ1v) is 7.56. The first-order valence-electron chi connectivity index (χ1n) is 7.56. The Morgan fingerprint density at radius 1 is 1.35 bits per heavy atom. The fourth-order valence-electron chi connectivity index (χ4n) is 3.00. The van der Waals surface area contributed by atoms with Crippen LogP contribution in [0.25, 0.3) is 0 Å². The number of carbonyl (C=O) groups is 1. The molecule has 1 aromatic carbocycles. The summed E-state index contributed by atoms with van der Waals surface area (Å²) in [5.74, 6) is 0.0614. The lowest BCUT2D eigenvalue weighted by Gasteiger charge is -2.41. The molecular formula is C17H25NO2. The summed E-state index contributed by atoms with van der Waals surface area (Å²) in [5, 5.41) is 13.1. The van der Waals surface area contributed by atoms with Crippen LogP contribution < -0.4 is 5.32 Å². The molecule has 1 aliphatic rings. The van der Waals surface area contributed by atoms with Crippen LogP contribution in [0, 0.1) is 0 Å². The molecule has 1 aromatic rings. The van der Waals surface area contributed by atoms with Crippen molar-refractivity contribution in [3.05, 3.63) is 35.9 Å². The molecule has 1 fully saturated rings. The summed E-state index contributed by atoms with van der Waals surface area (Å²) < 4.78 is 0. The van der Waals surface area contributed by atoms with E-state index in [9.17, 15) is 9.90 Å². The molecular weight excluding hydrogens is 250 g/mol. The summed E-state index contributed by atoms with van der Waals surface area (Å²) in [6.07, 6.45) is 4.50. The molecule has 1 unspecified atom stereocenters. The normalized spacial score (nSPS) is 19.8. The van der Waals surface area contributed by atoms with Crippen molar-refractivity contribution in [2.24, 2.45) is 0 Å². The van der Waals surface area contributed by atoms with Crippen molar-refractivity contribution in [1.29, 1.82) is 0 Å². The van der Waals surface area contributed by atoms with Gasteiger partial charge in [0, 0.05) is 6.54 Å². The van der Waals surface area contributed by atoms with E-state index in [-0.39, 0.29) is 11.3 Å². The Morgan fingerprint density at radius 2 is 2.00 bits per heavy atom. The highest BCUT2D eigenvalue weighted by Crippen LogP contribution is 2.43. The van der Waals surface area contributed by atoms with Crippen LogP contribution in [0.4, 0.5) is 0 Å². The molecule has 1 saturated carbocycles. The van der Waals surface area contributed by atoms with E-state index in [1.165, 1.54) is 0 Å². The molecule has 20 heavy (non-hydrogen) atoms. The SMILES string of the molecule is CCCC(C)(O)CNC(=O)C1(c2ccccc2)CCC1. The van der Waals surface area contributed by atoms with Crippen molar-refractivity contribution in [2.75, 3.05) is 6.54 Å². The number of hydrogen-bond donors (Lipinski definition) is 2. The Morgan fingerprint density at radius 3 is 2.50 bits per heavy atom. The quantitative estimate of drug-likeness (QED) is 0.838. The monoisotopic (exact) mass is 275 g/mol. The minimum Gasteiger partial charge on any atom is -0.388 e. The van der Waals surface area contributed by atoms with E-state index in [2.05, 4.69) is 5.32 Å². The highest BCUT2D eigenvalue weighted by molar-refractivity contribution is 5.89. The number of amides is 1. The van der Waals surface area contributed by atoms with Gasteiger partial charge in [-0.1, -0.05) is 50.1 Å². The largest absolute Gasteiger partial charge is 0.388 e. The Bertz CT molecular complexity index is 449. The average Bonchev–Trinajstić information content (AvgIpc) is 2.36. The topological polar surface area (TPSA) is 49.3 Å². The highest BCUT2D eigenvalue weighted by atomic mass is 16.3. The minimum atomic E-state index is -0.813. The third-order valence-corrected chi connectivity index (χ3v) is 4.39. The van der Waals surface area contributed by atoms with Crippen LogP contribution in [0.5, 0.6) is 0 Å². The zero-order chi connectivity index (χ0) is 14.6. The Labute approximate surface area is 121 Å². The number of carbonyl (C=O) groups excluding carboxylic acids is 1. The summed E-state index contributed by atoms with van der Waals surface area (Å²) in [6.45, 7) is 4.15. The van der Waals surface area contributed by atoms with E-state index in [1.807, 2.05) is 37.3 Å². The lowest BCUT2D eigenvalue weighted by molar-refractivity contribution is -0.131. The highest BCUT2D eigenvalue weighted by Gasteiger charge is 2.45. The molecule has 110 valence electrons. The standard InChI is InChI=1S/C17H25NO2/c1-3-10-16(2,20)13-18-15(19)17(11-7-12-17)14-8-5-4-6-9-14/h4-6,8-9,20H,3,7,10-13H2,1-2H3,(H,18,19). The molecule has 2 N–H and O–H groups in total. The van der Waals surface area contributed by atoms with Gasteiger partial charge in [0.25, 0.3) is 0 Å². The molecule has 2 rings (SSSR count). The zero-order valence-corrected chi connectivity index (χ0v) is 12.5. The summed E-state index contributed by atoms with van der Waals surface area (Å²) in [4.78, 5) is 12.6. The van der Waals surface area contributed by atoms with Crippen molar-refractivity contribution < 1.29 is 9.90 Å². The average molecular weight is 275 g/mol. The number of rotatable bonds is 6. The molecule has 0 bridgehead atoms. The van der Waals surface area contributed by atoms with Gasteiger partial charge in [0.1, 0.15) is 0 Å². The lowest BCUT2D eigenvalue weighted by Crippen LogP contribution is -2.52. The van der Waals surface area contributed by atoms with Crippen molar-refractivity contribution in [1.82, 2.24) is 5.32 Å². The summed E-state index contributed by atoms with van der Waals surface area (Å²) in [6, 6.07) is 10.00. The van der Waals surface area contributed by atoms with Crippen LogP contribution in [0.2, 0.25) is 0 Å². The van der Waals surface area contributed by atoms with Gasteiger partial charge in [0.2, 0.25) is 5.91 Å². The smallest absolute Gasteiger partial charge is 0.230 e. The first kappa shape index (κ1) is 15.0. The predicted octanol–water partition coefficient (Wildman–Crippen LogP) is 2.78. The van der Waals surface area contributed by atoms with Crippen LogP contribution >= 0.6 is 0 Å². The van der Waals surface area contributed by atoms with Crippen LogP contribution in [-0.2, 0) is 10.2 Å². The van der Waals surface area contributed by atoms with Gasteiger partial charge >= 0.3 is 0 Å². The molecule has 1 atom stereocenters. The lowest BCUT2D eigenvalue weighted by atomic mass is 9.64. The second kappa shape index (κ2) is 5.96. The van der Waals surface area contributed by atoms with Crippen molar-refractivity contribution >= 4 is 5.91 Å². The molecule has 0 heterocycles. The van der Waals surface area contributed by atoms with E-state index in [4.69, 9.17) is 0 Å². The van der Waals surface area contributed by atoms with Gasteiger partial charge < -0.3 is 10.4 Å². The van der Waals surface area contributed by atoms with Crippen LogP contribution in [0.1, 0.15) is 51.5 Å². The van der Waals surface area contributed by atoms with Gasteiger partial charge in [-0.25, -0.2) is 0 Å². The van der Waals surface area contributed by atoms with Crippen molar-refractivity contribution in [3.8, 4) is 0 Å². The number of benzene rings is 1. The Hall–Kier alpha value is -1.35. The third kappa shape index (κ3) is 3.04. The Kier molecular flexibility index (Phi) is 4.48.